The highest BCUT2D eigenvalue weighted by Crippen LogP contribution is 2.17. The molecule has 0 amide bonds. The van der Waals surface area contributed by atoms with E-state index in [2.05, 4.69) is 41.1 Å². The Morgan fingerprint density at radius 1 is 0.857 bits per heavy atom. The lowest BCUT2D eigenvalue weighted by atomic mass is 10.2. The summed E-state index contributed by atoms with van der Waals surface area (Å²) in [7, 11) is 8.66. The van der Waals surface area contributed by atoms with Gasteiger partial charge in [-0.1, -0.05) is 19.3 Å². The fourth-order valence-corrected chi connectivity index (χ4v) is 3.98. The van der Waals surface area contributed by atoms with Crippen LogP contribution < -0.4 is 12.4 Å². The van der Waals surface area contributed by atoms with Gasteiger partial charge in [0, 0.05) is 41.3 Å². The standard InChI is InChI=1S/C9H22N3S.ClH/c1-10(2)13(11(3)4)12-8-6-5-7-9-12;/h5-9H2,1-4H3;1H/q+1;/p-1. The van der Waals surface area contributed by atoms with Gasteiger partial charge in [-0.15, -0.1) is 0 Å². The van der Waals surface area contributed by atoms with Gasteiger partial charge in [0.1, 0.15) is 0 Å². The molecule has 1 rings (SSSR count). The average Bonchev–Trinajstić information content (AvgIpc) is 2.04. The number of halogens is 1. The summed E-state index contributed by atoms with van der Waals surface area (Å²) in [5.74, 6) is 0. The molecule has 0 aromatic carbocycles. The van der Waals surface area contributed by atoms with Crippen molar-refractivity contribution < 1.29 is 12.4 Å². The zero-order valence-electron chi connectivity index (χ0n) is 9.66. The number of hydrogen-bond acceptors (Lipinski definition) is 3. The van der Waals surface area contributed by atoms with Crippen LogP contribution in [0.5, 0.6) is 0 Å². The SMILES string of the molecule is CN(C)[S+](N(C)C)N1CCCCC1.[Cl-]. The molecular weight excluding hydrogens is 218 g/mol. The van der Waals surface area contributed by atoms with Crippen LogP contribution in [0.1, 0.15) is 19.3 Å². The lowest BCUT2D eigenvalue weighted by molar-refractivity contribution is -0.00000297. The Kier molecular flexibility index (Phi) is 7.16. The van der Waals surface area contributed by atoms with Crippen LogP contribution >= 0.6 is 0 Å². The first kappa shape index (κ1) is 14.5. The van der Waals surface area contributed by atoms with E-state index in [9.17, 15) is 0 Å². The quantitative estimate of drug-likeness (QED) is 0.526. The minimum absolute atomic E-state index is 0. The maximum absolute atomic E-state index is 2.59. The summed E-state index contributed by atoms with van der Waals surface area (Å²) in [6.07, 6.45) is 4.14. The number of piperidine rings is 1. The third-order valence-electron chi connectivity index (χ3n) is 2.20. The van der Waals surface area contributed by atoms with E-state index in [4.69, 9.17) is 0 Å². The summed E-state index contributed by atoms with van der Waals surface area (Å²) in [6, 6.07) is 0. The van der Waals surface area contributed by atoms with Gasteiger partial charge in [0.25, 0.3) is 11.5 Å². The van der Waals surface area contributed by atoms with Crippen LogP contribution in [0.4, 0.5) is 0 Å². The molecule has 1 aliphatic rings. The number of hydrogen-bond donors (Lipinski definition) is 0. The molecule has 1 heterocycles. The van der Waals surface area contributed by atoms with Crippen molar-refractivity contribution in [2.24, 2.45) is 0 Å². The lowest BCUT2D eigenvalue weighted by Crippen LogP contribution is -3.00. The van der Waals surface area contributed by atoms with E-state index in [1.54, 1.807) is 0 Å². The summed E-state index contributed by atoms with van der Waals surface area (Å²) in [5, 5.41) is 0. The van der Waals surface area contributed by atoms with Crippen molar-refractivity contribution in [2.45, 2.75) is 19.3 Å². The Labute approximate surface area is 97.6 Å². The van der Waals surface area contributed by atoms with E-state index >= 15 is 0 Å². The van der Waals surface area contributed by atoms with Gasteiger partial charge >= 0.3 is 0 Å². The highest BCUT2D eigenvalue weighted by molar-refractivity contribution is 7.90. The molecule has 86 valence electrons. The normalized spacial score (nSPS) is 19.1. The van der Waals surface area contributed by atoms with E-state index in [1.807, 2.05) is 0 Å². The zero-order valence-corrected chi connectivity index (χ0v) is 11.2. The summed E-state index contributed by atoms with van der Waals surface area (Å²) >= 11 is 0.186. The molecule has 0 radical (unpaired) electrons. The largest absolute Gasteiger partial charge is 1.00 e. The first-order valence-corrected chi connectivity index (χ1v) is 6.06. The summed E-state index contributed by atoms with van der Waals surface area (Å²) in [4.78, 5) is 0. The second kappa shape index (κ2) is 6.90. The van der Waals surface area contributed by atoms with E-state index in [0.717, 1.165) is 0 Å². The van der Waals surface area contributed by atoms with Crippen molar-refractivity contribution in [3.05, 3.63) is 0 Å². The van der Waals surface area contributed by atoms with Crippen LogP contribution in [0.25, 0.3) is 0 Å². The van der Waals surface area contributed by atoms with Gasteiger partial charge in [-0.05, 0) is 12.8 Å². The summed E-state index contributed by atoms with van der Waals surface area (Å²) < 4.78 is 7.21. The third kappa shape index (κ3) is 3.95. The van der Waals surface area contributed by atoms with Gasteiger partial charge in [-0.2, -0.15) is 0 Å². The molecule has 0 N–H and O–H groups in total. The third-order valence-corrected chi connectivity index (χ3v) is 4.33. The van der Waals surface area contributed by atoms with Crippen molar-refractivity contribution in [3.63, 3.8) is 0 Å². The van der Waals surface area contributed by atoms with Gasteiger partial charge in [0.15, 0.2) is 0 Å². The van der Waals surface area contributed by atoms with Crippen LogP contribution in [0.2, 0.25) is 0 Å². The Balaban J connectivity index is 0.00000169. The molecule has 0 aromatic heterocycles. The fourth-order valence-electron chi connectivity index (χ4n) is 1.82. The van der Waals surface area contributed by atoms with Gasteiger partial charge < -0.3 is 12.4 Å². The van der Waals surface area contributed by atoms with Gasteiger partial charge in [0.05, 0.1) is 0 Å². The van der Waals surface area contributed by atoms with Crippen molar-refractivity contribution in [1.82, 2.24) is 12.9 Å². The van der Waals surface area contributed by atoms with Crippen LogP contribution in [0.15, 0.2) is 0 Å². The van der Waals surface area contributed by atoms with Crippen molar-refractivity contribution in [2.75, 3.05) is 41.3 Å². The first-order chi connectivity index (χ1) is 6.13. The Morgan fingerprint density at radius 2 is 1.29 bits per heavy atom. The topological polar surface area (TPSA) is 9.72 Å². The molecule has 14 heavy (non-hydrogen) atoms. The first-order valence-electron chi connectivity index (χ1n) is 4.97. The smallest absolute Gasteiger partial charge is 0.266 e. The van der Waals surface area contributed by atoms with E-state index < -0.39 is 0 Å². The summed E-state index contributed by atoms with van der Waals surface area (Å²) in [5.41, 5.74) is 0. The Morgan fingerprint density at radius 3 is 1.64 bits per heavy atom. The van der Waals surface area contributed by atoms with Crippen molar-refractivity contribution in [1.29, 1.82) is 0 Å². The second-order valence-electron chi connectivity index (χ2n) is 3.86. The van der Waals surface area contributed by atoms with E-state index in [-0.39, 0.29) is 23.9 Å². The lowest BCUT2D eigenvalue weighted by Gasteiger charge is -2.29. The highest BCUT2D eigenvalue weighted by atomic mass is 35.5. The molecule has 1 aliphatic heterocycles. The molecule has 0 bridgehead atoms. The fraction of sp³-hybridized carbons (Fsp3) is 1.00. The monoisotopic (exact) mass is 239 g/mol. The van der Waals surface area contributed by atoms with E-state index in [1.165, 1.54) is 32.4 Å². The Hall–Kier alpha value is 0.520. The van der Waals surface area contributed by atoms with Gasteiger partial charge in [-0.25, -0.2) is 0 Å². The number of rotatable bonds is 3. The second-order valence-corrected chi connectivity index (χ2v) is 6.33. The number of nitrogens with zero attached hydrogens (tertiary/aromatic N) is 3. The van der Waals surface area contributed by atoms with Crippen molar-refractivity contribution >= 4 is 11.5 Å². The summed E-state index contributed by atoms with van der Waals surface area (Å²) in [6.45, 7) is 2.53. The van der Waals surface area contributed by atoms with Crippen LogP contribution in [-0.2, 0) is 11.5 Å². The molecule has 0 saturated carbocycles. The van der Waals surface area contributed by atoms with E-state index in [0.29, 0.717) is 0 Å². The predicted octanol–water partition coefficient (Wildman–Crippen LogP) is -2.04. The molecule has 0 aliphatic carbocycles. The van der Waals surface area contributed by atoms with Crippen molar-refractivity contribution in [3.8, 4) is 0 Å². The minimum atomic E-state index is 0. The molecule has 1 saturated heterocycles. The van der Waals surface area contributed by atoms with Crippen LogP contribution in [0, 0.1) is 0 Å². The molecule has 0 spiro atoms. The molecule has 0 unspecified atom stereocenters. The molecule has 3 nitrogen and oxygen atoms in total. The maximum atomic E-state index is 2.59. The maximum Gasteiger partial charge on any atom is 0.266 e. The molecular formula is C9H22ClN3S. The predicted molar refractivity (Wildman–Crippen MR) is 60.2 cm³/mol. The van der Waals surface area contributed by atoms with Gasteiger partial charge in [0.2, 0.25) is 0 Å². The zero-order chi connectivity index (χ0) is 9.84. The Bertz CT molecular complexity index is 141. The van der Waals surface area contributed by atoms with Gasteiger partial charge in [-0.3, -0.25) is 0 Å². The molecule has 1 fully saturated rings. The molecule has 0 aromatic rings. The molecule has 0 atom stereocenters. The minimum Gasteiger partial charge on any atom is -1.00 e. The molecule has 5 heteroatoms. The van der Waals surface area contributed by atoms with Crippen LogP contribution in [-0.4, -0.2) is 54.2 Å². The van der Waals surface area contributed by atoms with Crippen LogP contribution in [0.3, 0.4) is 0 Å². The average molecular weight is 240 g/mol. The highest BCUT2D eigenvalue weighted by Gasteiger charge is 2.36.